The van der Waals surface area contributed by atoms with Gasteiger partial charge in [-0.3, -0.25) is 4.79 Å². The molecule has 0 aromatic heterocycles. The number of rotatable bonds is 6. The van der Waals surface area contributed by atoms with Gasteiger partial charge in [0.1, 0.15) is 0 Å². The van der Waals surface area contributed by atoms with Gasteiger partial charge in [0.05, 0.1) is 12.9 Å². The third-order valence-electron chi connectivity index (χ3n) is 5.32. The van der Waals surface area contributed by atoms with Crippen LogP contribution in [-0.4, -0.2) is 39.0 Å². The maximum absolute atomic E-state index is 11.3. The molecular formula is C16H30O3SSi. The summed E-state index contributed by atoms with van der Waals surface area (Å²) < 4.78 is 11.2. The average Bonchev–Trinajstić information content (AvgIpc) is 2.37. The van der Waals surface area contributed by atoms with E-state index in [2.05, 4.69) is 33.5 Å². The molecule has 122 valence electrons. The zero-order valence-electron chi connectivity index (χ0n) is 14.3. The predicted molar refractivity (Wildman–Crippen MR) is 91.0 cm³/mol. The summed E-state index contributed by atoms with van der Waals surface area (Å²) in [5.41, 5.74) is 0.454. The van der Waals surface area contributed by atoms with Gasteiger partial charge in [-0.05, 0) is 61.4 Å². The van der Waals surface area contributed by atoms with Crippen molar-refractivity contribution in [3.63, 3.8) is 0 Å². The van der Waals surface area contributed by atoms with Gasteiger partial charge >= 0.3 is 5.97 Å². The van der Waals surface area contributed by atoms with Crippen LogP contribution in [0.15, 0.2) is 0 Å². The molecule has 0 aromatic carbocycles. The zero-order valence-corrected chi connectivity index (χ0v) is 16.1. The highest BCUT2D eigenvalue weighted by molar-refractivity contribution is 7.99. The summed E-state index contributed by atoms with van der Waals surface area (Å²) in [4.78, 5) is 11.3. The van der Waals surface area contributed by atoms with Crippen molar-refractivity contribution >= 4 is 26.0 Å². The number of carbonyl (C=O) groups excluding carboxylic acids is 1. The van der Waals surface area contributed by atoms with Gasteiger partial charge in [0, 0.05) is 6.10 Å². The Morgan fingerprint density at radius 2 is 1.95 bits per heavy atom. The van der Waals surface area contributed by atoms with Gasteiger partial charge < -0.3 is 9.16 Å². The molecule has 0 spiro atoms. The lowest BCUT2D eigenvalue weighted by Crippen LogP contribution is -2.60. The van der Waals surface area contributed by atoms with Gasteiger partial charge in [0.15, 0.2) is 8.32 Å². The van der Waals surface area contributed by atoms with Crippen molar-refractivity contribution in [2.45, 2.75) is 52.4 Å². The maximum Gasteiger partial charge on any atom is 0.315 e. The lowest BCUT2D eigenvalue weighted by atomic mass is 9.45. The van der Waals surface area contributed by atoms with Crippen molar-refractivity contribution in [3.05, 3.63) is 0 Å². The molecule has 3 aliphatic carbocycles. The van der Waals surface area contributed by atoms with Gasteiger partial charge in [-0.1, -0.05) is 13.8 Å². The standard InChI is InChI=1S/C16H30O3SSi/c1-16(2)11-7-13(16)12(9-20-10-15(17)18-3)14(8-11)19-21(4,5)6/h11-14H,7-10H2,1-6H3/t11-,12+,13+,14+/m1/s1. The van der Waals surface area contributed by atoms with Crippen LogP contribution in [0, 0.1) is 23.2 Å². The summed E-state index contributed by atoms with van der Waals surface area (Å²) in [6.45, 7) is 11.6. The van der Waals surface area contributed by atoms with E-state index in [4.69, 9.17) is 9.16 Å². The van der Waals surface area contributed by atoms with Crippen molar-refractivity contribution in [2.75, 3.05) is 18.6 Å². The van der Waals surface area contributed by atoms with Gasteiger partial charge in [-0.25, -0.2) is 0 Å². The third-order valence-corrected chi connectivity index (χ3v) is 7.39. The molecule has 3 saturated carbocycles. The third kappa shape index (κ3) is 3.85. The molecule has 0 aliphatic heterocycles. The Balaban J connectivity index is 1.98. The van der Waals surface area contributed by atoms with E-state index in [0.29, 0.717) is 23.2 Å². The second-order valence-corrected chi connectivity index (χ2v) is 13.6. The number of thioether (sulfide) groups is 1. The normalized spacial score (nSPS) is 34.2. The second kappa shape index (κ2) is 6.24. The molecule has 0 amide bonds. The molecule has 0 saturated heterocycles. The predicted octanol–water partition coefficient (Wildman–Crippen LogP) is 3.79. The highest BCUT2D eigenvalue weighted by Crippen LogP contribution is 2.62. The Bertz CT molecular complexity index is 391. The zero-order chi connectivity index (χ0) is 15.8. The lowest BCUT2D eigenvalue weighted by molar-refractivity contribution is -0.147. The van der Waals surface area contributed by atoms with Crippen LogP contribution in [0.25, 0.3) is 0 Å². The lowest BCUT2D eigenvalue weighted by Gasteiger charge is -2.63. The van der Waals surface area contributed by atoms with Gasteiger partial charge in [0.25, 0.3) is 0 Å². The van der Waals surface area contributed by atoms with Crippen LogP contribution in [0.2, 0.25) is 19.6 Å². The molecule has 3 nitrogen and oxygen atoms in total. The minimum Gasteiger partial charge on any atom is -0.468 e. The molecule has 3 rings (SSSR count). The molecule has 21 heavy (non-hydrogen) atoms. The van der Waals surface area contributed by atoms with Crippen LogP contribution in [0.5, 0.6) is 0 Å². The van der Waals surface area contributed by atoms with E-state index in [0.717, 1.165) is 17.6 Å². The number of esters is 1. The Kier molecular flexibility index (Phi) is 5.16. The highest BCUT2D eigenvalue weighted by Gasteiger charge is 2.58. The molecule has 0 radical (unpaired) electrons. The largest absolute Gasteiger partial charge is 0.468 e. The molecule has 3 aliphatic rings. The first kappa shape index (κ1) is 17.4. The minimum atomic E-state index is -1.51. The molecule has 5 heteroatoms. The summed E-state index contributed by atoms with van der Waals surface area (Å²) >= 11 is 1.71. The Morgan fingerprint density at radius 1 is 1.29 bits per heavy atom. The summed E-state index contributed by atoms with van der Waals surface area (Å²) in [5.74, 6) is 3.53. The highest BCUT2D eigenvalue weighted by atomic mass is 32.2. The van der Waals surface area contributed by atoms with Crippen LogP contribution in [-0.2, 0) is 14.0 Å². The van der Waals surface area contributed by atoms with Crippen molar-refractivity contribution in [3.8, 4) is 0 Å². The molecule has 0 unspecified atom stereocenters. The van der Waals surface area contributed by atoms with Crippen LogP contribution in [0.4, 0.5) is 0 Å². The number of methoxy groups -OCH3 is 1. The van der Waals surface area contributed by atoms with Gasteiger partial charge in [-0.15, -0.1) is 11.8 Å². The molecule has 0 heterocycles. The van der Waals surface area contributed by atoms with Gasteiger partial charge in [0.2, 0.25) is 0 Å². The first-order valence-electron chi connectivity index (χ1n) is 7.97. The van der Waals surface area contributed by atoms with Crippen LogP contribution in [0.3, 0.4) is 0 Å². The Labute approximate surface area is 134 Å². The summed E-state index contributed by atoms with van der Waals surface area (Å²) in [6, 6.07) is 0. The Morgan fingerprint density at radius 3 is 2.48 bits per heavy atom. The van der Waals surface area contributed by atoms with Gasteiger partial charge in [-0.2, -0.15) is 0 Å². The number of fused-ring (bicyclic) bond motifs is 2. The minimum absolute atomic E-state index is 0.121. The summed E-state index contributed by atoms with van der Waals surface area (Å²) in [7, 11) is -0.0520. The van der Waals surface area contributed by atoms with E-state index in [9.17, 15) is 4.79 Å². The van der Waals surface area contributed by atoms with E-state index in [1.54, 1.807) is 11.8 Å². The van der Waals surface area contributed by atoms with Crippen LogP contribution < -0.4 is 0 Å². The first-order chi connectivity index (χ1) is 9.65. The van der Waals surface area contributed by atoms with Crippen molar-refractivity contribution < 1.29 is 14.0 Å². The molecular weight excluding hydrogens is 300 g/mol. The molecule has 2 bridgehead atoms. The number of hydrogen-bond acceptors (Lipinski definition) is 4. The molecule has 0 aromatic rings. The molecule has 3 fully saturated rings. The quantitative estimate of drug-likeness (QED) is 0.548. The van der Waals surface area contributed by atoms with Crippen LogP contribution in [0.1, 0.15) is 26.7 Å². The molecule has 4 atom stereocenters. The number of hydrogen-bond donors (Lipinski definition) is 0. The second-order valence-electron chi connectivity index (χ2n) is 8.12. The average molecular weight is 331 g/mol. The van der Waals surface area contributed by atoms with Crippen LogP contribution >= 0.6 is 11.8 Å². The summed E-state index contributed by atoms with van der Waals surface area (Å²) in [6.07, 6.45) is 2.96. The fraction of sp³-hybridized carbons (Fsp3) is 0.938. The van der Waals surface area contributed by atoms with E-state index in [-0.39, 0.29) is 5.97 Å². The van der Waals surface area contributed by atoms with Crippen molar-refractivity contribution in [1.29, 1.82) is 0 Å². The van der Waals surface area contributed by atoms with Crippen molar-refractivity contribution in [1.82, 2.24) is 0 Å². The maximum atomic E-state index is 11.3. The topological polar surface area (TPSA) is 35.5 Å². The number of ether oxygens (including phenoxy) is 1. The fourth-order valence-corrected chi connectivity index (χ4v) is 6.35. The van der Waals surface area contributed by atoms with E-state index in [1.807, 2.05) is 0 Å². The van der Waals surface area contributed by atoms with Crippen molar-refractivity contribution in [2.24, 2.45) is 23.2 Å². The smallest absolute Gasteiger partial charge is 0.315 e. The van der Waals surface area contributed by atoms with E-state index >= 15 is 0 Å². The monoisotopic (exact) mass is 330 g/mol. The molecule has 0 N–H and O–H groups in total. The first-order valence-corrected chi connectivity index (χ1v) is 12.5. The number of carbonyl (C=O) groups is 1. The SMILES string of the molecule is COC(=O)CSC[C@@H]1[C@@H](O[Si](C)(C)C)C[C@H]2C[C@@H]1C2(C)C. The van der Waals surface area contributed by atoms with E-state index < -0.39 is 8.32 Å². The van der Waals surface area contributed by atoms with E-state index in [1.165, 1.54) is 20.0 Å². The summed E-state index contributed by atoms with van der Waals surface area (Å²) in [5, 5.41) is 0. The Hall–Kier alpha value is -0.00312. The fourth-order valence-electron chi connectivity index (χ4n) is 4.05.